The van der Waals surface area contributed by atoms with E-state index in [-0.39, 0.29) is 5.56 Å². The molecule has 1 heterocycles. The van der Waals surface area contributed by atoms with Crippen LogP contribution in [0.1, 0.15) is 5.56 Å². The molecule has 1 aromatic carbocycles. The second kappa shape index (κ2) is 4.51. The minimum Gasteiger partial charge on any atom is -0.287 e. The second-order valence-electron chi connectivity index (χ2n) is 3.10. The van der Waals surface area contributed by atoms with Crippen LogP contribution in [-0.2, 0) is 6.54 Å². The summed E-state index contributed by atoms with van der Waals surface area (Å²) in [6.07, 6.45) is 0. The molecule has 0 aliphatic heterocycles. The number of benzene rings is 1. The number of rotatable bonds is 2. The predicted octanol–water partition coefficient (Wildman–Crippen LogP) is 2.69. The Morgan fingerprint density at radius 2 is 1.93 bits per heavy atom. The van der Waals surface area contributed by atoms with Gasteiger partial charge >= 0.3 is 0 Å². The van der Waals surface area contributed by atoms with Crippen LogP contribution in [0.5, 0.6) is 0 Å². The van der Waals surface area contributed by atoms with E-state index in [4.69, 9.17) is 12.2 Å². The molecule has 0 aliphatic carbocycles. The van der Waals surface area contributed by atoms with Crippen molar-refractivity contribution in [1.29, 1.82) is 0 Å². The maximum Gasteiger partial charge on any atom is 0.253 e. The van der Waals surface area contributed by atoms with Crippen molar-refractivity contribution in [3.05, 3.63) is 61.6 Å². The lowest BCUT2D eigenvalue weighted by Crippen LogP contribution is -2.18. The highest BCUT2D eigenvalue weighted by Crippen LogP contribution is 2.03. The van der Waals surface area contributed by atoms with Crippen LogP contribution >= 0.6 is 23.6 Å². The lowest BCUT2D eigenvalue weighted by Gasteiger charge is -2.04. The third kappa shape index (κ3) is 2.40. The minimum absolute atomic E-state index is 0.0393. The highest BCUT2D eigenvalue weighted by molar-refractivity contribution is 7.73. The highest BCUT2D eigenvalue weighted by atomic mass is 32.1. The Morgan fingerprint density at radius 3 is 2.60 bits per heavy atom. The molecule has 0 saturated heterocycles. The standard InChI is InChI=1S/C11H9NOS2/c13-10-6-7-15-11(14)12(10)8-9-4-2-1-3-5-9/h1-7H,8H2. The molecule has 0 bridgehead atoms. The normalized spacial score (nSPS) is 10.1. The summed E-state index contributed by atoms with van der Waals surface area (Å²) in [6.45, 7) is 0.551. The van der Waals surface area contributed by atoms with Crippen molar-refractivity contribution in [2.45, 2.75) is 6.54 Å². The van der Waals surface area contributed by atoms with Crippen LogP contribution in [0.15, 0.2) is 46.6 Å². The molecular weight excluding hydrogens is 226 g/mol. The summed E-state index contributed by atoms with van der Waals surface area (Å²) in [5.41, 5.74) is 1.05. The van der Waals surface area contributed by atoms with Crippen LogP contribution < -0.4 is 5.56 Å². The van der Waals surface area contributed by atoms with Gasteiger partial charge in [-0.2, -0.15) is 0 Å². The van der Waals surface area contributed by atoms with Gasteiger partial charge in [0.05, 0.1) is 6.54 Å². The van der Waals surface area contributed by atoms with Gasteiger partial charge in [0, 0.05) is 6.07 Å². The average molecular weight is 235 g/mol. The van der Waals surface area contributed by atoms with Gasteiger partial charge in [-0.1, -0.05) is 30.3 Å². The van der Waals surface area contributed by atoms with E-state index in [0.29, 0.717) is 10.5 Å². The molecule has 2 rings (SSSR count). The monoisotopic (exact) mass is 235 g/mol. The molecule has 0 unspecified atom stereocenters. The van der Waals surface area contributed by atoms with E-state index >= 15 is 0 Å². The fraction of sp³-hybridized carbons (Fsp3) is 0.0909. The van der Waals surface area contributed by atoms with Gasteiger partial charge in [-0.15, -0.1) is 11.3 Å². The van der Waals surface area contributed by atoms with Crippen molar-refractivity contribution in [1.82, 2.24) is 4.57 Å². The van der Waals surface area contributed by atoms with Crippen molar-refractivity contribution in [2.75, 3.05) is 0 Å². The molecular formula is C11H9NOS2. The van der Waals surface area contributed by atoms with Gasteiger partial charge in [-0.25, -0.2) is 0 Å². The molecule has 0 atom stereocenters. The van der Waals surface area contributed by atoms with E-state index in [0.717, 1.165) is 5.56 Å². The summed E-state index contributed by atoms with van der Waals surface area (Å²) in [5.74, 6) is 0. The molecule has 0 fully saturated rings. The molecule has 2 aromatic rings. The Morgan fingerprint density at radius 1 is 1.20 bits per heavy atom. The van der Waals surface area contributed by atoms with Gasteiger partial charge in [-0.3, -0.25) is 9.36 Å². The van der Waals surface area contributed by atoms with Crippen molar-refractivity contribution in [2.24, 2.45) is 0 Å². The Labute approximate surface area is 96.5 Å². The maximum atomic E-state index is 11.5. The van der Waals surface area contributed by atoms with Gasteiger partial charge in [0.1, 0.15) is 0 Å². The summed E-state index contributed by atoms with van der Waals surface area (Å²) in [6, 6.07) is 11.4. The number of nitrogens with zero attached hydrogens (tertiary/aromatic N) is 1. The Balaban J connectivity index is 2.41. The van der Waals surface area contributed by atoms with Crippen molar-refractivity contribution in [3.63, 3.8) is 0 Å². The molecule has 0 radical (unpaired) electrons. The van der Waals surface area contributed by atoms with Crippen LogP contribution in [0, 0.1) is 3.95 Å². The van der Waals surface area contributed by atoms with Gasteiger partial charge in [0.15, 0.2) is 3.95 Å². The minimum atomic E-state index is -0.0393. The topological polar surface area (TPSA) is 22.0 Å². The summed E-state index contributed by atoms with van der Waals surface area (Å²) >= 11 is 6.53. The van der Waals surface area contributed by atoms with Crippen LogP contribution in [0.25, 0.3) is 0 Å². The largest absolute Gasteiger partial charge is 0.287 e. The quantitative estimate of drug-likeness (QED) is 0.747. The number of aromatic nitrogens is 1. The predicted molar refractivity (Wildman–Crippen MR) is 65.0 cm³/mol. The first-order valence-electron chi connectivity index (χ1n) is 4.50. The molecule has 0 saturated carbocycles. The van der Waals surface area contributed by atoms with E-state index in [9.17, 15) is 4.79 Å². The second-order valence-corrected chi connectivity index (χ2v) is 4.64. The SMILES string of the molecule is O=c1ccsc(=S)n1Cc1ccccc1. The maximum absolute atomic E-state index is 11.5. The summed E-state index contributed by atoms with van der Waals surface area (Å²) in [7, 11) is 0. The first-order valence-corrected chi connectivity index (χ1v) is 5.79. The lowest BCUT2D eigenvalue weighted by atomic mass is 10.2. The lowest BCUT2D eigenvalue weighted by molar-refractivity contribution is 0.762. The number of hydrogen-bond acceptors (Lipinski definition) is 3. The van der Waals surface area contributed by atoms with Crippen molar-refractivity contribution in [3.8, 4) is 0 Å². The smallest absolute Gasteiger partial charge is 0.253 e. The zero-order valence-electron chi connectivity index (χ0n) is 7.92. The van der Waals surface area contributed by atoms with Gasteiger partial charge in [0.25, 0.3) is 5.56 Å². The van der Waals surface area contributed by atoms with Gasteiger partial charge in [-0.05, 0) is 23.2 Å². The highest BCUT2D eigenvalue weighted by Gasteiger charge is 1.98. The Hall–Kier alpha value is -1.26. The summed E-state index contributed by atoms with van der Waals surface area (Å²) < 4.78 is 2.22. The van der Waals surface area contributed by atoms with Crippen LogP contribution in [0.3, 0.4) is 0 Å². The van der Waals surface area contributed by atoms with Crippen LogP contribution in [0.4, 0.5) is 0 Å². The van der Waals surface area contributed by atoms with Crippen LogP contribution in [-0.4, -0.2) is 4.57 Å². The Bertz CT molecular complexity index is 528. The summed E-state index contributed by atoms with van der Waals surface area (Å²) in [4.78, 5) is 11.5. The third-order valence-electron chi connectivity index (χ3n) is 2.05. The zero-order valence-corrected chi connectivity index (χ0v) is 9.55. The van der Waals surface area contributed by atoms with Crippen molar-refractivity contribution < 1.29 is 0 Å². The molecule has 0 aliphatic rings. The average Bonchev–Trinajstić information content (AvgIpc) is 2.25. The fourth-order valence-electron chi connectivity index (χ4n) is 1.30. The van der Waals surface area contributed by atoms with E-state index < -0.39 is 0 Å². The molecule has 2 nitrogen and oxygen atoms in total. The first-order chi connectivity index (χ1) is 7.27. The van der Waals surface area contributed by atoms with Gasteiger partial charge in [0.2, 0.25) is 0 Å². The fourth-order valence-corrected chi connectivity index (χ4v) is 2.21. The number of hydrogen-bond donors (Lipinski definition) is 0. The van der Waals surface area contributed by atoms with E-state index in [1.54, 1.807) is 16.0 Å². The van der Waals surface area contributed by atoms with E-state index in [1.807, 2.05) is 30.3 Å². The third-order valence-corrected chi connectivity index (χ3v) is 3.25. The van der Waals surface area contributed by atoms with E-state index in [2.05, 4.69) is 0 Å². The van der Waals surface area contributed by atoms with Gasteiger partial charge < -0.3 is 0 Å². The first kappa shape index (κ1) is 10.3. The molecule has 0 amide bonds. The zero-order chi connectivity index (χ0) is 10.7. The molecule has 1 aromatic heterocycles. The Kier molecular flexibility index (Phi) is 3.08. The molecule has 76 valence electrons. The molecule has 15 heavy (non-hydrogen) atoms. The van der Waals surface area contributed by atoms with E-state index in [1.165, 1.54) is 11.3 Å². The molecule has 4 heteroatoms. The molecule has 0 N–H and O–H groups in total. The summed E-state index contributed by atoms with van der Waals surface area (Å²) in [5, 5.41) is 1.73. The molecule has 0 spiro atoms. The van der Waals surface area contributed by atoms with Crippen LogP contribution in [0.2, 0.25) is 0 Å². The van der Waals surface area contributed by atoms with Crippen molar-refractivity contribution >= 4 is 23.6 Å².